The van der Waals surface area contributed by atoms with Crippen molar-refractivity contribution in [3.05, 3.63) is 52.9 Å². The molecule has 8 nitrogen and oxygen atoms in total. The van der Waals surface area contributed by atoms with Gasteiger partial charge in [0.15, 0.2) is 0 Å². The number of rotatable bonds is 7. The van der Waals surface area contributed by atoms with Crippen LogP contribution >= 0.6 is 0 Å². The summed E-state index contributed by atoms with van der Waals surface area (Å²) < 4.78 is 31.6. The first-order valence-corrected chi connectivity index (χ1v) is 8.94. The zero-order valence-electron chi connectivity index (χ0n) is 14.2. The fourth-order valence-electron chi connectivity index (χ4n) is 2.09. The number of nitrogens with zero attached hydrogens (tertiary/aromatic N) is 4. The molecule has 0 fully saturated rings. The Kier molecular flexibility index (Phi) is 5.87. The van der Waals surface area contributed by atoms with E-state index < -0.39 is 10.0 Å². The van der Waals surface area contributed by atoms with Crippen LogP contribution in [-0.2, 0) is 10.0 Å². The normalized spacial score (nSPS) is 11.0. The van der Waals surface area contributed by atoms with E-state index in [2.05, 4.69) is 15.3 Å². The minimum absolute atomic E-state index is 0.0243. The molecule has 0 saturated carbocycles. The first-order valence-electron chi connectivity index (χ1n) is 7.50. The lowest BCUT2D eigenvalue weighted by atomic mass is 10.2. The Morgan fingerprint density at radius 1 is 1.20 bits per heavy atom. The third-order valence-corrected chi connectivity index (χ3v) is 5.18. The molecule has 2 rings (SSSR count). The van der Waals surface area contributed by atoms with Gasteiger partial charge in [0.05, 0.1) is 12.3 Å². The number of benzene rings is 2. The Morgan fingerprint density at radius 3 is 2.44 bits per heavy atom. The number of nitrogens with one attached hydrogen (secondary N) is 1. The molecule has 0 saturated heterocycles. The molecule has 0 amide bonds. The predicted octanol–water partition coefficient (Wildman–Crippen LogP) is 4.02. The van der Waals surface area contributed by atoms with Gasteiger partial charge in [0.1, 0.15) is 10.6 Å². The maximum Gasteiger partial charge on any atom is 0.244 e. The number of ether oxygens (including phenoxy) is 1. The molecule has 0 heterocycles. The van der Waals surface area contributed by atoms with Crippen molar-refractivity contribution in [1.29, 1.82) is 0 Å². The molecule has 0 aliphatic heterocycles. The van der Waals surface area contributed by atoms with Crippen molar-refractivity contribution in [2.45, 2.75) is 11.8 Å². The molecular weight excluding hydrogens is 342 g/mol. The van der Waals surface area contributed by atoms with Crippen LogP contribution in [0.25, 0.3) is 10.4 Å². The monoisotopic (exact) mass is 361 g/mol. The van der Waals surface area contributed by atoms with E-state index in [-0.39, 0.29) is 10.6 Å². The van der Waals surface area contributed by atoms with Gasteiger partial charge in [0.2, 0.25) is 10.0 Å². The molecule has 0 bridgehead atoms. The van der Waals surface area contributed by atoms with Crippen LogP contribution in [0.3, 0.4) is 0 Å². The number of azide groups is 1. The van der Waals surface area contributed by atoms with E-state index in [1.165, 1.54) is 20.2 Å². The standard InChI is InChI=1S/C16H19N5O3S/c1-4-24-14-8-5-12(6-9-14)18-15-10-7-13(19-20-17)11-16(15)25(22,23)21(2)3/h5-11,18H,4H2,1-3H3. The van der Waals surface area contributed by atoms with Crippen molar-refractivity contribution in [3.8, 4) is 5.75 Å². The van der Waals surface area contributed by atoms with Crippen LogP contribution < -0.4 is 10.1 Å². The van der Waals surface area contributed by atoms with E-state index in [0.29, 0.717) is 18.0 Å². The van der Waals surface area contributed by atoms with Gasteiger partial charge >= 0.3 is 0 Å². The molecule has 2 aromatic rings. The molecule has 0 aliphatic carbocycles. The Hall–Kier alpha value is -2.74. The Labute approximate surface area is 146 Å². The second kappa shape index (κ2) is 7.89. The molecule has 0 radical (unpaired) electrons. The van der Waals surface area contributed by atoms with Crippen LogP contribution in [0.4, 0.5) is 17.1 Å². The van der Waals surface area contributed by atoms with Crippen LogP contribution in [0.1, 0.15) is 6.92 Å². The fourth-order valence-corrected chi connectivity index (χ4v) is 3.15. The fraction of sp³-hybridized carbons (Fsp3) is 0.250. The van der Waals surface area contributed by atoms with Crippen molar-refractivity contribution in [2.75, 3.05) is 26.0 Å². The summed E-state index contributed by atoms with van der Waals surface area (Å²) in [4.78, 5) is 2.72. The van der Waals surface area contributed by atoms with Gasteiger partial charge in [0, 0.05) is 30.4 Å². The lowest BCUT2D eigenvalue weighted by Crippen LogP contribution is -2.23. The highest BCUT2D eigenvalue weighted by Gasteiger charge is 2.22. The van der Waals surface area contributed by atoms with Gasteiger partial charge in [-0.25, -0.2) is 12.7 Å². The van der Waals surface area contributed by atoms with Gasteiger partial charge in [-0.05, 0) is 48.9 Å². The summed E-state index contributed by atoms with van der Waals surface area (Å²) in [6.07, 6.45) is 0. The Morgan fingerprint density at radius 2 is 1.88 bits per heavy atom. The van der Waals surface area contributed by atoms with Crippen molar-refractivity contribution in [2.24, 2.45) is 5.11 Å². The number of sulfonamides is 1. The molecule has 0 spiro atoms. The summed E-state index contributed by atoms with van der Waals surface area (Å²) in [5.74, 6) is 0.730. The van der Waals surface area contributed by atoms with E-state index in [4.69, 9.17) is 10.3 Å². The zero-order chi connectivity index (χ0) is 18.4. The zero-order valence-corrected chi connectivity index (χ0v) is 15.0. The summed E-state index contributed by atoms with van der Waals surface area (Å²) >= 11 is 0. The van der Waals surface area contributed by atoms with E-state index in [1.807, 2.05) is 6.92 Å². The van der Waals surface area contributed by atoms with E-state index in [9.17, 15) is 8.42 Å². The second-order valence-corrected chi connectivity index (χ2v) is 7.36. The number of anilines is 2. The van der Waals surface area contributed by atoms with Crippen LogP contribution in [0.5, 0.6) is 5.75 Å². The van der Waals surface area contributed by atoms with E-state index >= 15 is 0 Å². The molecule has 9 heteroatoms. The smallest absolute Gasteiger partial charge is 0.244 e. The topological polar surface area (TPSA) is 107 Å². The van der Waals surface area contributed by atoms with Crippen LogP contribution in [0.15, 0.2) is 52.5 Å². The largest absolute Gasteiger partial charge is 0.494 e. The lowest BCUT2D eigenvalue weighted by Gasteiger charge is -2.17. The third-order valence-electron chi connectivity index (χ3n) is 3.33. The summed E-state index contributed by atoms with van der Waals surface area (Å²) in [7, 11) is -0.841. The van der Waals surface area contributed by atoms with Gasteiger partial charge in [-0.2, -0.15) is 0 Å². The van der Waals surface area contributed by atoms with Crippen molar-refractivity contribution in [1.82, 2.24) is 4.31 Å². The molecule has 0 unspecified atom stereocenters. The van der Waals surface area contributed by atoms with Crippen molar-refractivity contribution < 1.29 is 13.2 Å². The van der Waals surface area contributed by atoms with Crippen LogP contribution in [-0.4, -0.2) is 33.4 Å². The van der Waals surface area contributed by atoms with E-state index in [1.54, 1.807) is 36.4 Å². The van der Waals surface area contributed by atoms with Gasteiger partial charge in [-0.3, -0.25) is 0 Å². The van der Waals surface area contributed by atoms with Crippen LogP contribution in [0.2, 0.25) is 0 Å². The molecular formula is C16H19N5O3S. The summed E-state index contributed by atoms with van der Waals surface area (Å²) in [5.41, 5.74) is 9.88. The lowest BCUT2D eigenvalue weighted by molar-refractivity contribution is 0.340. The molecule has 2 aromatic carbocycles. The molecule has 0 aliphatic rings. The average Bonchev–Trinajstić information content (AvgIpc) is 2.58. The minimum Gasteiger partial charge on any atom is -0.494 e. The first kappa shape index (κ1) is 18.6. The maximum atomic E-state index is 12.6. The predicted molar refractivity (Wildman–Crippen MR) is 97.0 cm³/mol. The SMILES string of the molecule is CCOc1ccc(Nc2ccc(N=[N+]=[N-])cc2S(=O)(=O)N(C)C)cc1. The average molecular weight is 361 g/mol. The number of hydrogen-bond acceptors (Lipinski definition) is 5. The quantitative estimate of drug-likeness (QED) is 0.456. The highest BCUT2D eigenvalue weighted by molar-refractivity contribution is 7.89. The summed E-state index contributed by atoms with van der Waals surface area (Å²) in [6, 6.07) is 11.6. The summed E-state index contributed by atoms with van der Waals surface area (Å²) in [5, 5.41) is 6.55. The number of hydrogen-bond donors (Lipinski definition) is 1. The molecule has 0 atom stereocenters. The Bertz CT molecular complexity index is 888. The van der Waals surface area contributed by atoms with Gasteiger partial charge in [-0.15, -0.1) is 0 Å². The first-order chi connectivity index (χ1) is 11.9. The maximum absolute atomic E-state index is 12.6. The van der Waals surface area contributed by atoms with Crippen molar-refractivity contribution in [3.63, 3.8) is 0 Å². The van der Waals surface area contributed by atoms with Gasteiger partial charge in [-0.1, -0.05) is 11.2 Å². The highest BCUT2D eigenvalue weighted by Crippen LogP contribution is 2.31. The summed E-state index contributed by atoms with van der Waals surface area (Å²) in [6.45, 7) is 2.47. The highest BCUT2D eigenvalue weighted by atomic mass is 32.2. The molecule has 1 N–H and O–H groups in total. The van der Waals surface area contributed by atoms with Crippen molar-refractivity contribution >= 4 is 27.1 Å². The molecule has 0 aromatic heterocycles. The third kappa shape index (κ3) is 4.42. The molecule has 132 valence electrons. The van der Waals surface area contributed by atoms with Gasteiger partial charge in [0.25, 0.3) is 0 Å². The van der Waals surface area contributed by atoms with Gasteiger partial charge < -0.3 is 10.1 Å². The minimum atomic E-state index is -3.72. The van der Waals surface area contributed by atoms with Crippen LogP contribution in [0, 0.1) is 0 Å². The van der Waals surface area contributed by atoms with E-state index in [0.717, 1.165) is 10.1 Å². The Balaban J connectivity index is 2.44. The second-order valence-electron chi connectivity index (χ2n) is 5.24. The molecule has 25 heavy (non-hydrogen) atoms.